The van der Waals surface area contributed by atoms with Gasteiger partial charge >= 0.3 is 6.36 Å². The van der Waals surface area contributed by atoms with E-state index in [-0.39, 0.29) is 24.5 Å². The number of hydrogen-bond acceptors (Lipinski definition) is 3. The zero-order valence-corrected chi connectivity index (χ0v) is 13.4. The van der Waals surface area contributed by atoms with Crippen molar-refractivity contribution in [2.24, 2.45) is 0 Å². The first-order valence-corrected chi connectivity index (χ1v) is 6.77. The third kappa shape index (κ3) is 5.48. The molecule has 1 aromatic carbocycles. The lowest BCUT2D eigenvalue weighted by Crippen LogP contribution is -2.41. The maximum atomic E-state index is 13.1. The Morgan fingerprint density at radius 3 is 2.54 bits per heavy atom. The van der Waals surface area contributed by atoms with Gasteiger partial charge in [-0.1, -0.05) is 18.2 Å². The third-order valence-corrected chi connectivity index (χ3v) is 3.39. The van der Waals surface area contributed by atoms with Crippen LogP contribution >= 0.6 is 12.4 Å². The number of nitrogens with one attached hydrogen (secondary N) is 1. The molecule has 1 aliphatic rings. The van der Waals surface area contributed by atoms with Crippen LogP contribution in [0.1, 0.15) is 12.0 Å². The molecule has 24 heavy (non-hydrogen) atoms. The van der Waals surface area contributed by atoms with E-state index in [0.717, 1.165) is 11.0 Å². The molecule has 1 saturated heterocycles. The Morgan fingerprint density at radius 2 is 2.00 bits per heavy atom. The van der Waals surface area contributed by atoms with Crippen molar-refractivity contribution >= 4 is 18.3 Å². The predicted molar refractivity (Wildman–Crippen MR) is 78.2 cm³/mol. The van der Waals surface area contributed by atoms with Gasteiger partial charge in [0.15, 0.2) is 0 Å². The summed E-state index contributed by atoms with van der Waals surface area (Å²) >= 11 is 0. The van der Waals surface area contributed by atoms with Crippen LogP contribution in [0.4, 0.5) is 22.0 Å². The van der Waals surface area contributed by atoms with Crippen LogP contribution in [0, 0.1) is 0 Å². The smallest absolute Gasteiger partial charge is 0.405 e. The van der Waals surface area contributed by atoms with Gasteiger partial charge in [-0.05, 0) is 6.07 Å². The highest BCUT2D eigenvalue weighted by molar-refractivity contribution is 5.85. The van der Waals surface area contributed by atoms with E-state index in [0.29, 0.717) is 0 Å². The summed E-state index contributed by atoms with van der Waals surface area (Å²) in [6, 6.07) is 4.32. The average Bonchev–Trinajstić information content (AvgIpc) is 2.78. The van der Waals surface area contributed by atoms with Crippen LogP contribution < -0.4 is 10.1 Å². The number of ether oxygens (including phenoxy) is 1. The minimum Gasteiger partial charge on any atom is -0.405 e. The number of halogens is 6. The maximum Gasteiger partial charge on any atom is 0.573 e. The Kier molecular flexibility index (Phi) is 6.40. The van der Waals surface area contributed by atoms with E-state index in [1.807, 2.05) is 0 Å². The SMILES string of the molecule is CN(Cc1ccccc1OC(F)(F)F)C(=O)C1CC(F)(F)CN1.Cl. The Hall–Kier alpha value is -1.61. The molecular formula is C14H16ClF5N2O2. The van der Waals surface area contributed by atoms with Crippen molar-refractivity contribution in [3.8, 4) is 5.75 Å². The Labute approximate surface area is 141 Å². The van der Waals surface area contributed by atoms with Gasteiger partial charge < -0.3 is 9.64 Å². The second kappa shape index (κ2) is 7.52. The molecule has 1 N–H and O–H groups in total. The molecule has 0 spiro atoms. The fraction of sp³-hybridized carbons (Fsp3) is 0.500. The molecule has 1 aliphatic heterocycles. The Morgan fingerprint density at radius 1 is 1.38 bits per heavy atom. The quantitative estimate of drug-likeness (QED) is 0.824. The second-order valence-electron chi connectivity index (χ2n) is 5.34. The van der Waals surface area contributed by atoms with Gasteiger partial charge in [0.05, 0.1) is 12.6 Å². The van der Waals surface area contributed by atoms with E-state index in [1.54, 1.807) is 0 Å². The molecular weight excluding hydrogens is 359 g/mol. The summed E-state index contributed by atoms with van der Waals surface area (Å²) in [6.07, 6.45) is -5.48. The monoisotopic (exact) mass is 374 g/mol. The summed E-state index contributed by atoms with van der Waals surface area (Å²) in [4.78, 5) is 13.2. The first-order chi connectivity index (χ1) is 10.6. The fourth-order valence-corrected chi connectivity index (χ4v) is 2.35. The zero-order valence-electron chi connectivity index (χ0n) is 12.6. The lowest BCUT2D eigenvalue weighted by atomic mass is 10.1. The molecule has 0 aliphatic carbocycles. The second-order valence-corrected chi connectivity index (χ2v) is 5.34. The van der Waals surface area contributed by atoms with Crippen LogP contribution in [0.5, 0.6) is 5.75 Å². The van der Waals surface area contributed by atoms with Crippen molar-refractivity contribution in [2.75, 3.05) is 13.6 Å². The largest absolute Gasteiger partial charge is 0.573 e. The Bertz CT molecular complexity index is 583. The molecule has 10 heteroatoms. The fourth-order valence-electron chi connectivity index (χ4n) is 2.35. The van der Waals surface area contributed by atoms with Crippen LogP contribution in [0.2, 0.25) is 0 Å². The minimum absolute atomic E-state index is 0. The van der Waals surface area contributed by atoms with Crippen LogP contribution in [0.25, 0.3) is 0 Å². The molecule has 1 amide bonds. The first kappa shape index (κ1) is 20.4. The molecule has 0 radical (unpaired) electrons. The van der Waals surface area contributed by atoms with Crippen molar-refractivity contribution in [3.63, 3.8) is 0 Å². The molecule has 0 bridgehead atoms. The van der Waals surface area contributed by atoms with E-state index in [9.17, 15) is 26.7 Å². The summed E-state index contributed by atoms with van der Waals surface area (Å²) < 4.78 is 67.2. The van der Waals surface area contributed by atoms with Crippen LogP contribution in [0.15, 0.2) is 24.3 Å². The molecule has 1 aromatic rings. The van der Waals surface area contributed by atoms with E-state index in [2.05, 4.69) is 10.1 Å². The van der Waals surface area contributed by atoms with E-state index >= 15 is 0 Å². The van der Waals surface area contributed by atoms with Crippen LogP contribution in [-0.2, 0) is 11.3 Å². The lowest BCUT2D eigenvalue weighted by molar-refractivity contribution is -0.275. The number of nitrogens with zero attached hydrogens (tertiary/aromatic N) is 1. The van der Waals surface area contributed by atoms with Crippen molar-refractivity contribution < 1.29 is 31.5 Å². The molecule has 0 aromatic heterocycles. The number of para-hydroxylation sites is 1. The minimum atomic E-state index is -4.85. The van der Waals surface area contributed by atoms with Crippen molar-refractivity contribution in [3.05, 3.63) is 29.8 Å². The number of amides is 1. The number of benzene rings is 1. The molecule has 1 atom stereocenters. The van der Waals surface area contributed by atoms with E-state index in [1.165, 1.54) is 25.2 Å². The molecule has 1 heterocycles. The highest BCUT2D eigenvalue weighted by Gasteiger charge is 2.43. The number of alkyl halides is 5. The average molecular weight is 375 g/mol. The van der Waals surface area contributed by atoms with E-state index in [4.69, 9.17) is 0 Å². The van der Waals surface area contributed by atoms with Gasteiger partial charge in [-0.15, -0.1) is 25.6 Å². The van der Waals surface area contributed by atoms with Gasteiger partial charge in [-0.2, -0.15) is 0 Å². The van der Waals surface area contributed by atoms with Gasteiger partial charge in [0.25, 0.3) is 5.92 Å². The van der Waals surface area contributed by atoms with Gasteiger partial charge in [-0.25, -0.2) is 8.78 Å². The van der Waals surface area contributed by atoms with Gasteiger partial charge in [0.1, 0.15) is 5.75 Å². The van der Waals surface area contributed by atoms with Gasteiger partial charge in [0, 0.05) is 25.6 Å². The summed E-state index contributed by atoms with van der Waals surface area (Å²) in [5, 5.41) is 2.41. The normalized spacial score (nSPS) is 19.5. The summed E-state index contributed by atoms with van der Waals surface area (Å²) in [5.41, 5.74) is 0.130. The molecule has 2 rings (SSSR count). The zero-order chi connectivity index (χ0) is 17.3. The molecule has 1 fully saturated rings. The van der Waals surface area contributed by atoms with Gasteiger partial charge in [0.2, 0.25) is 5.91 Å². The van der Waals surface area contributed by atoms with Crippen molar-refractivity contribution in [1.82, 2.24) is 10.2 Å². The summed E-state index contributed by atoms with van der Waals surface area (Å²) in [5.74, 6) is -3.99. The lowest BCUT2D eigenvalue weighted by Gasteiger charge is -2.22. The topological polar surface area (TPSA) is 41.6 Å². The molecule has 136 valence electrons. The number of likely N-dealkylation sites (N-methyl/N-ethyl adjacent to an activating group) is 1. The van der Waals surface area contributed by atoms with Crippen LogP contribution in [-0.4, -0.2) is 42.7 Å². The highest BCUT2D eigenvalue weighted by atomic mass is 35.5. The third-order valence-electron chi connectivity index (χ3n) is 3.39. The Balaban J connectivity index is 0.00000288. The number of rotatable bonds is 4. The van der Waals surface area contributed by atoms with Crippen molar-refractivity contribution in [1.29, 1.82) is 0 Å². The number of carbonyl (C=O) groups is 1. The summed E-state index contributed by atoms with van der Waals surface area (Å²) in [7, 11) is 1.34. The molecule has 4 nitrogen and oxygen atoms in total. The molecule has 1 unspecified atom stereocenters. The molecule has 0 saturated carbocycles. The number of carbonyl (C=O) groups excluding carboxylic acids is 1. The highest BCUT2D eigenvalue weighted by Crippen LogP contribution is 2.28. The van der Waals surface area contributed by atoms with Gasteiger partial charge in [-0.3, -0.25) is 10.1 Å². The maximum absolute atomic E-state index is 13.1. The first-order valence-electron chi connectivity index (χ1n) is 6.77. The predicted octanol–water partition coefficient (Wildman–Crippen LogP) is 2.96. The summed E-state index contributed by atoms with van der Waals surface area (Å²) in [6.45, 7) is -0.778. The standard InChI is InChI=1S/C14H15F5N2O2.ClH/c1-21(12(22)10-6-13(15,16)8-20-10)7-9-4-2-3-5-11(9)23-14(17,18)19;/h2-5,10,20H,6-8H2,1H3;1H. The van der Waals surface area contributed by atoms with E-state index < -0.39 is 42.9 Å². The number of hydrogen-bond donors (Lipinski definition) is 1. The van der Waals surface area contributed by atoms with Crippen molar-refractivity contribution in [2.45, 2.75) is 31.3 Å². The van der Waals surface area contributed by atoms with Crippen LogP contribution in [0.3, 0.4) is 0 Å².